The molecular weight excluding hydrogens is 330 g/mol. The first-order valence-corrected chi connectivity index (χ1v) is 8.78. The zero-order chi connectivity index (χ0) is 18.8. The molecule has 0 atom stereocenters. The van der Waals surface area contributed by atoms with Crippen LogP contribution < -0.4 is 21.3 Å². The average molecular weight is 357 g/mol. The van der Waals surface area contributed by atoms with Gasteiger partial charge in [-0.25, -0.2) is 9.79 Å². The SMILES string of the molecule is CCNC(=NCc1ccc(NC(=O)NC(C)C)cc1)NCc1ccco1. The van der Waals surface area contributed by atoms with Crippen molar-refractivity contribution < 1.29 is 9.21 Å². The molecule has 1 aromatic carbocycles. The minimum Gasteiger partial charge on any atom is -0.467 e. The first kappa shape index (κ1) is 19.4. The Labute approximate surface area is 154 Å². The molecule has 7 nitrogen and oxygen atoms in total. The third-order valence-electron chi connectivity index (χ3n) is 3.41. The molecule has 140 valence electrons. The van der Waals surface area contributed by atoms with Crippen molar-refractivity contribution in [2.24, 2.45) is 4.99 Å². The fourth-order valence-electron chi connectivity index (χ4n) is 2.22. The van der Waals surface area contributed by atoms with E-state index in [0.29, 0.717) is 13.1 Å². The van der Waals surface area contributed by atoms with Gasteiger partial charge in [-0.15, -0.1) is 0 Å². The van der Waals surface area contributed by atoms with Crippen LogP contribution in [0.25, 0.3) is 0 Å². The van der Waals surface area contributed by atoms with E-state index in [4.69, 9.17) is 4.42 Å². The molecule has 1 aromatic heterocycles. The number of urea groups is 1. The number of nitrogens with one attached hydrogen (secondary N) is 4. The van der Waals surface area contributed by atoms with Gasteiger partial charge >= 0.3 is 6.03 Å². The summed E-state index contributed by atoms with van der Waals surface area (Å²) in [6.07, 6.45) is 1.65. The van der Waals surface area contributed by atoms with Crippen LogP contribution in [0.3, 0.4) is 0 Å². The third-order valence-corrected chi connectivity index (χ3v) is 3.41. The number of carbonyl (C=O) groups excluding carboxylic acids is 1. The molecule has 0 aliphatic carbocycles. The molecular formula is C19H27N5O2. The number of carbonyl (C=O) groups is 1. The minimum atomic E-state index is -0.206. The quantitative estimate of drug-likeness (QED) is 0.453. The lowest BCUT2D eigenvalue weighted by Crippen LogP contribution is -2.36. The Balaban J connectivity index is 1.88. The van der Waals surface area contributed by atoms with Crippen molar-refractivity contribution in [2.45, 2.75) is 39.9 Å². The zero-order valence-corrected chi connectivity index (χ0v) is 15.5. The first-order valence-electron chi connectivity index (χ1n) is 8.78. The first-order chi connectivity index (χ1) is 12.6. The number of nitrogens with zero attached hydrogens (tertiary/aromatic N) is 1. The normalized spacial score (nSPS) is 11.3. The summed E-state index contributed by atoms with van der Waals surface area (Å²) in [5.74, 6) is 1.58. The second-order valence-corrected chi connectivity index (χ2v) is 6.08. The molecule has 2 amide bonds. The summed E-state index contributed by atoms with van der Waals surface area (Å²) in [7, 11) is 0. The summed E-state index contributed by atoms with van der Waals surface area (Å²) in [6.45, 7) is 7.74. The van der Waals surface area contributed by atoms with Gasteiger partial charge in [0.25, 0.3) is 0 Å². The molecule has 0 fully saturated rings. The molecule has 0 unspecified atom stereocenters. The number of hydrogen-bond donors (Lipinski definition) is 4. The van der Waals surface area contributed by atoms with E-state index in [-0.39, 0.29) is 12.1 Å². The number of benzene rings is 1. The molecule has 0 saturated carbocycles. The second-order valence-electron chi connectivity index (χ2n) is 6.08. The van der Waals surface area contributed by atoms with Crippen molar-refractivity contribution in [3.8, 4) is 0 Å². The fourth-order valence-corrected chi connectivity index (χ4v) is 2.22. The molecule has 2 aromatic rings. The Morgan fingerprint density at radius 2 is 1.92 bits per heavy atom. The molecule has 0 spiro atoms. The molecule has 0 saturated heterocycles. The summed E-state index contributed by atoms with van der Waals surface area (Å²) in [5.41, 5.74) is 1.80. The van der Waals surface area contributed by atoms with Crippen molar-refractivity contribution in [1.29, 1.82) is 0 Å². The highest BCUT2D eigenvalue weighted by atomic mass is 16.3. The summed E-state index contributed by atoms with van der Waals surface area (Å²) < 4.78 is 5.31. The van der Waals surface area contributed by atoms with E-state index in [1.54, 1.807) is 6.26 Å². The summed E-state index contributed by atoms with van der Waals surface area (Å²) in [4.78, 5) is 16.3. The number of guanidine groups is 1. The third kappa shape index (κ3) is 6.88. The molecule has 0 radical (unpaired) electrons. The van der Waals surface area contributed by atoms with Gasteiger partial charge in [0.1, 0.15) is 5.76 Å². The van der Waals surface area contributed by atoms with Crippen molar-refractivity contribution in [2.75, 3.05) is 11.9 Å². The molecule has 1 heterocycles. The predicted molar refractivity (Wildman–Crippen MR) is 104 cm³/mol. The topological polar surface area (TPSA) is 90.7 Å². The van der Waals surface area contributed by atoms with Crippen molar-refractivity contribution in [3.05, 3.63) is 54.0 Å². The lowest BCUT2D eigenvalue weighted by atomic mass is 10.2. The number of rotatable bonds is 7. The van der Waals surface area contributed by atoms with E-state index in [0.717, 1.165) is 29.5 Å². The Morgan fingerprint density at radius 1 is 1.15 bits per heavy atom. The van der Waals surface area contributed by atoms with Crippen molar-refractivity contribution in [1.82, 2.24) is 16.0 Å². The predicted octanol–water partition coefficient (Wildman–Crippen LogP) is 3.06. The zero-order valence-electron chi connectivity index (χ0n) is 15.5. The average Bonchev–Trinajstić information content (AvgIpc) is 3.11. The van der Waals surface area contributed by atoms with Crippen LogP contribution in [-0.4, -0.2) is 24.6 Å². The largest absolute Gasteiger partial charge is 0.467 e. The number of furan rings is 1. The number of amides is 2. The van der Waals surface area contributed by atoms with Crippen LogP contribution in [0.2, 0.25) is 0 Å². The maximum Gasteiger partial charge on any atom is 0.319 e. The summed E-state index contributed by atoms with van der Waals surface area (Å²) >= 11 is 0. The van der Waals surface area contributed by atoms with Gasteiger partial charge in [-0.2, -0.15) is 0 Å². The molecule has 7 heteroatoms. The van der Waals surface area contributed by atoms with Gasteiger partial charge in [-0.3, -0.25) is 0 Å². The van der Waals surface area contributed by atoms with E-state index in [1.807, 2.05) is 57.2 Å². The highest BCUT2D eigenvalue weighted by Crippen LogP contribution is 2.10. The van der Waals surface area contributed by atoms with Crippen LogP contribution in [0.1, 0.15) is 32.1 Å². The van der Waals surface area contributed by atoms with Gasteiger partial charge in [0.15, 0.2) is 5.96 Å². The van der Waals surface area contributed by atoms with Gasteiger partial charge < -0.3 is 25.7 Å². The lowest BCUT2D eigenvalue weighted by Gasteiger charge is -2.11. The Hall–Kier alpha value is -2.96. The van der Waals surface area contributed by atoms with Crippen LogP contribution in [0.4, 0.5) is 10.5 Å². The van der Waals surface area contributed by atoms with E-state index in [1.165, 1.54) is 0 Å². The van der Waals surface area contributed by atoms with Crippen LogP contribution >= 0.6 is 0 Å². The van der Waals surface area contributed by atoms with Crippen LogP contribution in [-0.2, 0) is 13.1 Å². The molecule has 0 aliphatic heterocycles. The molecule has 4 N–H and O–H groups in total. The number of hydrogen-bond acceptors (Lipinski definition) is 3. The maximum absolute atomic E-state index is 11.7. The van der Waals surface area contributed by atoms with E-state index in [9.17, 15) is 4.79 Å². The van der Waals surface area contributed by atoms with Crippen molar-refractivity contribution >= 4 is 17.7 Å². The Bertz CT molecular complexity index is 693. The summed E-state index contributed by atoms with van der Waals surface area (Å²) in [5, 5.41) is 12.0. The lowest BCUT2D eigenvalue weighted by molar-refractivity contribution is 0.250. The van der Waals surface area contributed by atoms with Gasteiger partial charge in [0.05, 0.1) is 19.4 Å². The van der Waals surface area contributed by atoms with Gasteiger partial charge in [0, 0.05) is 18.3 Å². The van der Waals surface area contributed by atoms with Crippen molar-refractivity contribution in [3.63, 3.8) is 0 Å². The smallest absolute Gasteiger partial charge is 0.319 e. The standard InChI is InChI=1S/C19H27N5O2/c1-4-20-18(22-13-17-6-5-11-26-17)21-12-15-7-9-16(10-8-15)24-19(25)23-14(2)3/h5-11,14H,4,12-13H2,1-3H3,(H2,20,21,22)(H2,23,24,25). The van der Waals surface area contributed by atoms with E-state index < -0.39 is 0 Å². The van der Waals surface area contributed by atoms with E-state index >= 15 is 0 Å². The molecule has 2 rings (SSSR count). The number of aliphatic imine (C=N–C) groups is 1. The number of anilines is 1. The highest BCUT2D eigenvalue weighted by Gasteiger charge is 2.04. The Morgan fingerprint density at radius 3 is 2.54 bits per heavy atom. The van der Waals surface area contributed by atoms with Crippen LogP contribution in [0.5, 0.6) is 0 Å². The Kier molecular flexibility index (Phi) is 7.54. The highest BCUT2D eigenvalue weighted by molar-refractivity contribution is 5.89. The maximum atomic E-state index is 11.7. The van der Waals surface area contributed by atoms with Gasteiger partial charge in [0.2, 0.25) is 0 Å². The summed E-state index contributed by atoms with van der Waals surface area (Å²) in [6, 6.07) is 11.3. The van der Waals surface area contributed by atoms with E-state index in [2.05, 4.69) is 26.3 Å². The molecule has 0 bridgehead atoms. The minimum absolute atomic E-state index is 0.0989. The van der Waals surface area contributed by atoms with Gasteiger partial charge in [-0.05, 0) is 50.6 Å². The second kappa shape index (κ2) is 10.1. The van der Waals surface area contributed by atoms with Gasteiger partial charge in [-0.1, -0.05) is 12.1 Å². The molecule has 26 heavy (non-hydrogen) atoms. The van der Waals surface area contributed by atoms with Crippen LogP contribution in [0, 0.1) is 0 Å². The fraction of sp³-hybridized carbons (Fsp3) is 0.368. The van der Waals surface area contributed by atoms with Crippen LogP contribution in [0.15, 0.2) is 52.1 Å². The monoisotopic (exact) mass is 357 g/mol. The molecule has 0 aliphatic rings.